The van der Waals surface area contributed by atoms with Crippen LogP contribution in [-0.4, -0.2) is 35.3 Å². The van der Waals surface area contributed by atoms with Gasteiger partial charge in [-0.15, -0.1) is 0 Å². The van der Waals surface area contributed by atoms with Crippen LogP contribution in [-0.2, 0) is 4.79 Å². The van der Waals surface area contributed by atoms with Crippen molar-refractivity contribution < 1.29 is 9.59 Å². The van der Waals surface area contributed by atoms with Gasteiger partial charge in [-0.3, -0.25) is 9.59 Å². The summed E-state index contributed by atoms with van der Waals surface area (Å²) in [7, 11) is 0. The number of nitrogens with one attached hydrogen (secondary N) is 1. The van der Waals surface area contributed by atoms with Crippen molar-refractivity contribution in [3.8, 4) is 0 Å². The summed E-state index contributed by atoms with van der Waals surface area (Å²) in [4.78, 5) is 27.7. The molecule has 1 aliphatic carbocycles. The fourth-order valence-electron chi connectivity index (χ4n) is 3.53. The first-order chi connectivity index (χ1) is 11.4. The fraction of sp³-hybridized carbons (Fsp3) is 0.600. The maximum absolute atomic E-state index is 13.1. The third-order valence-corrected chi connectivity index (χ3v) is 5.29. The number of nitrogens with zero attached hydrogens (tertiary/aromatic N) is 1. The Balaban J connectivity index is 2.26. The normalized spacial score (nSPS) is 16.5. The van der Waals surface area contributed by atoms with Crippen LogP contribution in [0.1, 0.15) is 67.4 Å². The van der Waals surface area contributed by atoms with Crippen LogP contribution in [0.2, 0.25) is 0 Å². The summed E-state index contributed by atoms with van der Waals surface area (Å²) in [6.07, 6.45) is 4.57. The van der Waals surface area contributed by atoms with Gasteiger partial charge in [-0.1, -0.05) is 25.3 Å². The number of benzene rings is 1. The van der Waals surface area contributed by atoms with Crippen molar-refractivity contribution >= 4 is 11.8 Å². The van der Waals surface area contributed by atoms with Crippen LogP contribution in [0.4, 0.5) is 0 Å². The van der Waals surface area contributed by atoms with Crippen LogP contribution in [0.5, 0.6) is 0 Å². The predicted molar refractivity (Wildman–Crippen MR) is 97.1 cm³/mol. The van der Waals surface area contributed by atoms with Crippen molar-refractivity contribution in [2.45, 2.75) is 65.3 Å². The van der Waals surface area contributed by atoms with Crippen molar-refractivity contribution in [3.63, 3.8) is 0 Å². The molecular weight excluding hydrogens is 300 g/mol. The molecule has 0 spiro atoms. The van der Waals surface area contributed by atoms with Gasteiger partial charge >= 0.3 is 0 Å². The van der Waals surface area contributed by atoms with Crippen LogP contribution in [0.25, 0.3) is 0 Å². The first-order valence-electron chi connectivity index (χ1n) is 9.12. The zero-order chi connectivity index (χ0) is 17.7. The van der Waals surface area contributed by atoms with Crippen molar-refractivity contribution in [2.24, 2.45) is 0 Å². The van der Waals surface area contributed by atoms with E-state index < -0.39 is 5.54 Å². The van der Waals surface area contributed by atoms with E-state index in [9.17, 15) is 9.59 Å². The molecule has 1 aromatic rings. The summed E-state index contributed by atoms with van der Waals surface area (Å²) in [5.74, 6) is -0.0649. The van der Waals surface area contributed by atoms with E-state index in [0.29, 0.717) is 18.7 Å². The van der Waals surface area contributed by atoms with E-state index in [0.717, 1.165) is 43.2 Å². The molecule has 0 aliphatic heterocycles. The molecule has 0 radical (unpaired) electrons. The molecule has 2 rings (SSSR count). The first-order valence-corrected chi connectivity index (χ1v) is 9.12. The van der Waals surface area contributed by atoms with Crippen LogP contribution in [0, 0.1) is 13.8 Å². The topological polar surface area (TPSA) is 49.4 Å². The van der Waals surface area contributed by atoms with Crippen LogP contribution >= 0.6 is 0 Å². The summed E-state index contributed by atoms with van der Waals surface area (Å²) < 4.78 is 0. The first kappa shape index (κ1) is 18.5. The molecular formula is C20H30N2O2. The Morgan fingerprint density at radius 3 is 2.21 bits per heavy atom. The highest BCUT2D eigenvalue weighted by molar-refractivity contribution is 5.99. The Morgan fingerprint density at radius 1 is 1.04 bits per heavy atom. The number of likely N-dealkylation sites (N-methyl/N-ethyl adjacent to an activating group) is 1. The van der Waals surface area contributed by atoms with E-state index in [4.69, 9.17) is 0 Å². The summed E-state index contributed by atoms with van der Waals surface area (Å²) >= 11 is 0. The highest BCUT2D eigenvalue weighted by Gasteiger charge is 2.42. The van der Waals surface area contributed by atoms with Crippen molar-refractivity contribution in [1.82, 2.24) is 10.2 Å². The van der Waals surface area contributed by atoms with Crippen molar-refractivity contribution in [2.75, 3.05) is 13.1 Å². The van der Waals surface area contributed by atoms with Crippen LogP contribution < -0.4 is 5.32 Å². The van der Waals surface area contributed by atoms with Gasteiger partial charge in [0.1, 0.15) is 5.54 Å². The number of aryl methyl sites for hydroxylation is 2. The standard InChI is InChI=1S/C20H30N2O2/c1-5-22(6-2)19(24)20(12-8-7-9-13-20)21-18(23)17-11-10-15(3)16(4)14-17/h10-11,14H,5-9,12-13H2,1-4H3,(H,21,23). The van der Waals surface area contributed by atoms with Gasteiger partial charge in [-0.2, -0.15) is 0 Å². The van der Waals surface area contributed by atoms with E-state index in [2.05, 4.69) is 5.32 Å². The molecule has 0 atom stereocenters. The summed E-state index contributed by atoms with van der Waals surface area (Å²) in [6.45, 7) is 9.37. The van der Waals surface area contributed by atoms with E-state index >= 15 is 0 Å². The van der Waals surface area contributed by atoms with E-state index in [-0.39, 0.29) is 11.8 Å². The number of rotatable bonds is 5. The van der Waals surface area contributed by atoms with Crippen LogP contribution in [0.3, 0.4) is 0 Å². The van der Waals surface area contributed by atoms with Gasteiger partial charge < -0.3 is 10.2 Å². The summed E-state index contributed by atoms with van der Waals surface area (Å²) in [5.41, 5.74) is 2.16. The largest absolute Gasteiger partial charge is 0.341 e. The molecule has 4 heteroatoms. The molecule has 1 saturated carbocycles. The lowest BCUT2D eigenvalue weighted by atomic mass is 9.80. The molecule has 0 bridgehead atoms. The molecule has 1 aromatic carbocycles. The van der Waals surface area contributed by atoms with Gasteiger partial charge in [0.15, 0.2) is 0 Å². The number of hydrogen-bond donors (Lipinski definition) is 1. The smallest absolute Gasteiger partial charge is 0.252 e. The highest BCUT2D eigenvalue weighted by atomic mass is 16.2. The SMILES string of the molecule is CCN(CC)C(=O)C1(NC(=O)c2ccc(C)c(C)c2)CCCCC1. The second-order valence-corrected chi connectivity index (χ2v) is 6.87. The van der Waals surface area contributed by atoms with Gasteiger partial charge in [0, 0.05) is 18.7 Å². The van der Waals surface area contributed by atoms with Gasteiger partial charge in [0.2, 0.25) is 5.91 Å². The number of amides is 2. The monoisotopic (exact) mass is 330 g/mol. The van der Waals surface area contributed by atoms with Gasteiger partial charge in [-0.25, -0.2) is 0 Å². The molecule has 0 unspecified atom stereocenters. The van der Waals surface area contributed by atoms with Gasteiger partial charge in [0.25, 0.3) is 5.91 Å². The zero-order valence-corrected chi connectivity index (χ0v) is 15.4. The number of carbonyl (C=O) groups excluding carboxylic acids is 2. The zero-order valence-electron chi connectivity index (χ0n) is 15.4. The third kappa shape index (κ3) is 3.80. The molecule has 0 saturated heterocycles. The molecule has 2 amide bonds. The molecule has 0 aromatic heterocycles. The molecule has 24 heavy (non-hydrogen) atoms. The minimum atomic E-state index is -0.736. The minimum absolute atomic E-state index is 0.0735. The molecule has 132 valence electrons. The maximum Gasteiger partial charge on any atom is 0.252 e. The summed E-state index contributed by atoms with van der Waals surface area (Å²) in [5, 5.41) is 3.11. The quantitative estimate of drug-likeness (QED) is 0.896. The van der Waals surface area contributed by atoms with Gasteiger partial charge in [0.05, 0.1) is 0 Å². The Hall–Kier alpha value is -1.84. The molecule has 0 heterocycles. The lowest BCUT2D eigenvalue weighted by Gasteiger charge is -2.40. The molecule has 1 N–H and O–H groups in total. The second-order valence-electron chi connectivity index (χ2n) is 6.87. The highest BCUT2D eigenvalue weighted by Crippen LogP contribution is 2.30. The maximum atomic E-state index is 13.1. The van der Waals surface area contributed by atoms with E-state index in [1.165, 1.54) is 0 Å². The number of carbonyl (C=O) groups is 2. The van der Waals surface area contributed by atoms with Crippen LogP contribution in [0.15, 0.2) is 18.2 Å². The lowest BCUT2D eigenvalue weighted by Crippen LogP contribution is -2.60. The second kappa shape index (κ2) is 7.82. The average Bonchev–Trinajstić information content (AvgIpc) is 2.59. The molecule has 1 aliphatic rings. The van der Waals surface area contributed by atoms with Crippen molar-refractivity contribution in [1.29, 1.82) is 0 Å². The predicted octanol–water partition coefficient (Wildman–Crippen LogP) is 3.60. The lowest BCUT2D eigenvalue weighted by molar-refractivity contribution is -0.139. The van der Waals surface area contributed by atoms with Crippen molar-refractivity contribution in [3.05, 3.63) is 34.9 Å². The Bertz CT molecular complexity index is 600. The van der Waals surface area contributed by atoms with E-state index in [1.54, 1.807) is 0 Å². The number of hydrogen-bond acceptors (Lipinski definition) is 2. The molecule has 4 nitrogen and oxygen atoms in total. The Labute approximate surface area is 145 Å². The molecule has 1 fully saturated rings. The fourth-order valence-corrected chi connectivity index (χ4v) is 3.53. The average molecular weight is 330 g/mol. The Kier molecular flexibility index (Phi) is 6.03. The third-order valence-electron chi connectivity index (χ3n) is 5.29. The Morgan fingerprint density at radius 2 is 1.67 bits per heavy atom. The summed E-state index contributed by atoms with van der Waals surface area (Å²) in [6, 6.07) is 5.71. The van der Waals surface area contributed by atoms with E-state index in [1.807, 2.05) is 50.8 Å². The minimum Gasteiger partial charge on any atom is -0.341 e. The van der Waals surface area contributed by atoms with Gasteiger partial charge in [-0.05, 0) is 63.8 Å².